The van der Waals surface area contributed by atoms with E-state index in [1.807, 2.05) is 6.07 Å². The van der Waals surface area contributed by atoms with Gasteiger partial charge in [-0.2, -0.15) is 11.6 Å². The molecule has 33 heavy (non-hydrogen) atoms. The Morgan fingerprint density at radius 3 is 1.67 bits per heavy atom. The van der Waals surface area contributed by atoms with Crippen molar-refractivity contribution >= 4 is 24.8 Å². The number of rotatable bonds is 1. The van der Waals surface area contributed by atoms with Gasteiger partial charge in [-0.25, -0.2) is 5.57 Å². The van der Waals surface area contributed by atoms with Gasteiger partial charge in [-0.15, -0.1) is 39.7 Å². The molecule has 0 nitrogen and oxygen atoms in total. The molecule has 0 radical (unpaired) electrons. The van der Waals surface area contributed by atoms with Gasteiger partial charge in [0.2, 0.25) is 0 Å². The molecule has 0 aliphatic heterocycles. The van der Waals surface area contributed by atoms with Crippen LogP contribution in [0.4, 0.5) is 0 Å². The molecule has 5 rings (SSSR count). The molecular weight excluding hydrogens is 476 g/mol. The van der Waals surface area contributed by atoms with Crippen molar-refractivity contribution in [2.45, 2.75) is 41.5 Å². The minimum Gasteiger partial charge on any atom is -0.126 e. The minimum atomic E-state index is 0.293. The molecule has 166 valence electrons. The van der Waals surface area contributed by atoms with Crippen molar-refractivity contribution in [2.24, 2.45) is 11.3 Å². The average Bonchev–Trinajstić information content (AvgIpc) is 3.34. The second kappa shape index (κ2) is 11.3. The third-order valence-corrected chi connectivity index (χ3v) is 6.51. The summed E-state index contributed by atoms with van der Waals surface area (Å²) in [6, 6.07) is 29.7. The quantitative estimate of drug-likeness (QED) is 0.225. The Balaban J connectivity index is 0.000000142. The smallest absolute Gasteiger partial charge is 0.0771 e. The summed E-state index contributed by atoms with van der Waals surface area (Å²) in [5.41, 5.74) is 4.47. The van der Waals surface area contributed by atoms with E-state index in [0.717, 1.165) is 0 Å². The molecule has 0 heterocycles. The summed E-state index contributed by atoms with van der Waals surface area (Å²) in [6.45, 7) is 13.3. The van der Waals surface area contributed by atoms with Crippen LogP contribution in [0, 0.1) is 17.4 Å². The molecule has 1 atom stereocenters. The van der Waals surface area contributed by atoms with Gasteiger partial charge in [0.25, 0.3) is 0 Å². The van der Waals surface area contributed by atoms with Crippen LogP contribution in [0.15, 0.2) is 102 Å². The third-order valence-electron chi connectivity index (χ3n) is 5.80. The Morgan fingerprint density at radius 2 is 1.30 bits per heavy atom. The van der Waals surface area contributed by atoms with E-state index in [1.54, 1.807) is 0 Å². The normalized spacial score (nSPS) is 15.2. The van der Waals surface area contributed by atoms with Crippen molar-refractivity contribution in [2.75, 3.05) is 0 Å². The molecule has 0 amide bonds. The average molecular weight is 510 g/mol. The van der Waals surface area contributed by atoms with Crippen molar-refractivity contribution in [3.8, 4) is 0 Å². The zero-order valence-electron chi connectivity index (χ0n) is 20.7. The second-order valence-corrected chi connectivity index (χ2v) is 11.5. The summed E-state index contributed by atoms with van der Waals surface area (Å²) in [7, 11) is 0. The molecule has 4 aromatic carbocycles. The molecular formula is C32H34Zr. The minimum absolute atomic E-state index is 0.293. The first kappa shape index (κ1) is 25.4. The zero-order valence-corrected chi connectivity index (χ0v) is 23.2. The topological polar surface area (TPSA) is 0 Å². The number of fused-ring (bicyclic) bond motifs is 3. The number of benzene rings is 3. The monoisotopic (exact) mass is 508 g/mol. The van der Waals surface area contributed by atoms with Gasteiger partial charge in [-0.1, -0.05) is 82.3 Å². The Labute approximate surface area is 214 Å². The molecule has 0 spiro atoms. The van der Waals surface area contributed by atoms with Crippen LogP contribution in [-0.4, -0.2) is 3.21 Å². The summed E-state index contributed by atoms with van der Waals surface area (Å²) < 4.78 is 1.46. The molecule has 0 N–H and O–H groups in total. The van der Waals surface area contributed by atoms with Crippen molar-refractivity contribution in [3.05, 3.63) is 114 Å². The van der Waals surface area contributed by atoms with E-state index >= 15 is 0 Å². The predicted octanol–water partition coefficient (Wildman–Crippen LogP) is 8.84. The van der Waals surface area contributed by atoms with Crippen LogP contribution in [0.25, 0.3) is 21.5 Å². The fraction of sp³-hybridized carbons (Fsp3) is 0.250. The molecule has 1 aliphatic rings. The Kier molecular flexibility index (Phi) is 8.66. The van der Waals surface area contributed by atoms with Crippen LogP contribution in [0.2, 0.25) is 0 Å². The van der Waals surface area contributed by atoms with Crippen LogP contribution in [0.5, 0.6) is 0 Å². The van der Waals surface area contributed by atoms with Crippen molar-refractivity contribution in [1.29, 1.82) is 0 Å². The van der Waals surface area contributed by atoms with E-state index < -0.39 is 0 Å². The molecule has 1 heteroatoms. The van der Waals surface area contributed by atoms with E-state index in [9.17, 15) is 0 Å². The molecule has 4 aromatic rings. The van der Waals surface area contributed by atoms with Gasteiger partial charge in [0.15, 0.2) is 0 Å². The largest absolute Gasteiger partial charge is 0.126 e. The van der Waals surface area contributed by atoms with Gasteiger partial charge in [0.1, 0.15) is 0 Å². The Hall–Kier alpha value is -2.24. The summed E-state index contributed by atoms with van der Waals surface area (Å²) in [4.78, 5) is 0. The Bertz CT molecular complexity index is 1230. The molecule has 0 saturated heterocycles. The fourth-order valence-corrected chi connectivity index (χ4v) is 4.65. The predicted molar refractivity (Wildman–Crippen MR) is 142 cm³/mol. The van der Waals surface area contributed by atoms with Gasteiger partial charge in [0, 0.05) is 0 Å². The van der Waals surface area contributed by atoms with Gasteiger partial charge in [-0.05, 0) is 0 Å². The summed E-state index contributed by atoms with van der Waals surface area (Å²) in [6.07, 6.45) is 5.71. The molecule has 1 unspecified atom stereocenters. The van der Waals surface area contributed by atoms with Crippen LogP contribution in [0.1, 0.15) is 47.1 Å². The summed E-state index contributed by atoms with van der Waals surface area (Å²) in [5.74, 6) is 0.518. The first-order chi connectivity index (χ1) is 15.7. The molecule has 0 saturated carbocycles. The van der Waals surface area contributed by atoms with Crippen molar-refractivity contribution in [1.82, 2.24) is 0 Å². The zero-order chi connectivity index (χ0) is 24.0. The van der Waals surface area contributed by atoms with Gasteiger partial charge in [0.05, 0.1) is 0 Å². The van der Waals surface area contributed by atoms with Crippen LogP contribution >= 0.6 is 0 Å². The molecule has 0 aromatic heterocycles. The molecule has 0 bridgehead atoms. The van der Waals surface area contributed by atoms with E-state index in [4.69, 9.17) is 0 Å². The van der Waals surface area contributed by atoms with E-state index in [-0.39, 0.29) is 0 Å². The van der Waals surface area contributed by atoms with Crippen LogP contribution < -0.4 is 0 Å². The number of hydrogen-bond donors (Lipinski definition) is 0. The maximum absolute atomic E-state index is 3.40. The van der Waals surface area contributed by atoms with Crippen molar-refractivity contribution in [3.63, 3.8) is 0 Å². The number of allylic oxidation sites excluding steroid dienone is 4. The third kappa shape index (κ3) is 6.88. The maximum Gasteiger partial charge on any atom is -0.0771 e. The second-order valence-electron chi connectivity index (χ2n) is 9.70. The molecule has 1 aliphatic carbocycles. The van der Waals surface area contributed by atoms with Crippen LogP contribution in [0.3, 0.4) is 0 Å². The SMILES string of the molecule is CC1=[C-]C(C)C=C1C(C)(C)C.C[C](=[Zr+2])c1ccccc1.c1ccc2c(c1)[cH-]c1ccccc12. The van der Waals surface area contributed by atoms with Gasteiger partial charge in [-0.3, -0.25) is 6.08 Å². The van der Waals surface area contributed by atoms with Crippen LogP contribution in [-0.2, 0) is 24.2 Å². The van der Waals surface area contributed by atoms with Gasteiger partial charge < -0.3 is 0 Å². The molecule has 0 fully saturated rings. The van der Waals surface area contributed by atoms with Gasteiger partial charge >= 0.3 is 70.3 Å². The fourth-order valence-electron chi connectivity index (χ4n) is 4.24. The summed E-state index contributed by atoms with van der Waals surface area (Å²) in [5, 5.41) is 5.39. The van der Waals surface area contributed by atoms with E-state index in [2.05, 4.69) is 133 Å². The first-order valence-electron chi connectivity index (χ1n) is 11.6. The van der Waals surface area contributed by atoms with Crippen molar-refractivity contribution < 1.29 is 24.2 Å². The maximum atomic E-state index is 3.40. The first-order valence-corrected chi connectivity index (χ1v) is 12.9. The van der Waals surface area contributed by atoms with E-state index in [0.29, 0.717) is 11.3 Å². The number of hydrogen-bond acceptors (Lipinski definition) is 0. The summed E-state index contributed by atoms with van der Waals surface area (Å²) >= 11 is 1.51. The van der Waals surface area contributed by atoms with E-state index in [1.165, 1.54) is 65.7 Å². The Morgan fingerprint density at radius 1 is 0.818 bits per heavy atom. The standard InChI is InChI=1S/C13H9.C11H17.C8H8.Zr/c1-3-7-12-10(5-1)9-11-6-2-4-8-13(11)12;1-8-6-9(2)10(7-8)11(3,4)5;1-2-8-6-4-3-5-7-8;/h1-9H;7-8H,1-5H3;3-7H,1H3;/q2*-1;;+2.